The highest BCUT2D eigenvalue weighted by Gasteiger charge is 2.19. The summed E-state index contributed by atoms with van der Waals surface area (Å²) in [5.74, 6) is 0.406. The molecule has 1 saturated heterocycles. The lowest BCUT2D eigenvalue weighted by Crippen LogP contribution is -2.47. The molecule has 2 heterocycles. The average Bonchev–Trinajstić information content (AvgIpc) is 2.56. The molecule has 0 N–H and O–H groups in total. The number of halogens is 1. The van der Waals surface area contributed by atoms with E-state index in [0.29, 0.717) is 0 Å². The molecule has 3 rings (SSSR count). The van der Waals surface area contributed by atoms with Gasteiger partial charge in [0.2, 0.25) is 0 Å². The standard InChI is InChI=1S/C16H16FN5/c1-12-2-5-16(20-19-12)22-8-6-21(7-9-22)14-4-3-13(11-18)15(17)10-14/h2-5,10H,6-9H2,1H3. The molecule has 1 fully saturated rings. The van der Waals surface area contributed by atoms with Crippen molar-refractivity contribution in [3.8, 4) is 6.07 Å². The number of piperazine rings is 1. The van der Waals surface area contributed by atoms with Crippen molar-refractivity contribution >= 4 is 11.5 Å². The van der Waals surface area contributed by atoms with Gasteiger partial charge in [-0.05, 0) is 37.3 Å². The first-order chi connectivity index (χ1) is 10.7. The highest BCUT2D eigenvalue weighted by molar-refractivity contribution is 5.52. The fourth-order valence-corrected chi connectivity index (χ4v) is 2.55. The lowest BCUT2D eigenvalue weighted by atomic mass is 10.2. The van der Waals surface area contributed by atoms with Crippen LogP contribution in [0.2, 0.25) is 0 Å². The minimum absolute atomic E-state index is 0.0808. The van der Waals surface area contributed by atoms with E-state index in [4.69, 9.17) is 5.26 Å². The van der Waals surface area contributed by atoms with Crippen molar-refractivity contribution in [1.82, 2.24) is 10.2 Å². The summed E-state index contributed by atoms with van der Waals surface area (Å²) in [7, 11) is 0. The predicted octanol–water partition coefficient (Wildman–Crippen LogP) is 2.12. The Balaban J connectivity index is 1.68. The molecule has 1 aliphatic rings. The molecule has 0 amide bonds. The van der Waals surface area contributed by atoms with Gasteiger partial charge in [-0.1, -0.05) is 0 Å². The number of hydrogen-bond donors (Lipinski definition) is 0. The number of hydrogen-bond acceptors (Lipinski definition) is 5. The second kappa shape index (κ2) is 5.98. The quantitative estimate of drug-likeness (QED) is 0.850. The van der Waals surface area contributed by atoms with Crippen LogP contribution >= 0.6 is 0 Å². The van der Waals surface area contributed by atoms with Crippen molar-refractivity contribution in [1.29, 1.82) is 5.26 Å². The lowest BCUT2D eigenvalue weighted by Gasteiger charge is -2.36. The summed E-state index contributed by atoms with van der Waals surface area (Å²) in [6, 6.07) is 10.5. The van der Waals surface area contributed by atoms with Gasteiger partial charge in [0.15, 0.2) is 5.82 Å². The topological polar surface area (TPSA) is 56.0 Å². The van der Waals surface area contributed by atoms with Gasteiger partial charge in [-0.3, -0.25) is 0 Å². The minimum atomic E-state index is -0.466. The molecule has 0 atom stereocenters. The zero-order valence-electron chi connectivity index (χ0n) is 12.3. The van der Waals surface area contributed by atoms with Gasteiger partial charge >= 0.3 is 0 Å². The molecule has 1 aromatic carbocycles. The Labute approximate surface area is 128 Å². The summed E-state index contributed by atoms with van der Waals surface area (Å²) in [6.07, 6.45) is 0. The van der Waals surface area contributed by atoms with Crippen LogP contribution < -0.4 is 9.80 Å². The number of nitriles is 1. The molecule has 0 aliphatic carbocycles. The summed E-state index contributed by atoms with van der Waals surface area (Å²) in [5, 5.41) is 17.1. The van der Waals surface area contributed by atoms with E-state index in [2.05, 4.69) is 20.0 Å². The van der Waals surface area contributed by atoms with E-state index in [-0.39, 0.29) is 5.56 Å². The molecule has 112 valence electrons. The van der Waals surface area contributed by atoms with Crippen LogP contribution in [0.15, 0.2) is 30.3 Å². The molecule has 22 heavy (non-hydrogen) atoms. The van der Waals surface area contributed by atoms with E-state index in [1.54, 1.807) is 6.07 Å². The lowest BCUT2D eigenvalue weighted by molar-refractivity contribution is 0.615. The molecule has 0 spiro atoms. The summed E-state index contributed by atoms with van der Waals surface area (Å²) in [4.78, 5) is 4.28. The van der Waals surface area contributed by atoms with Gasteiger partial charge in [-0.2, -0.15) is 10.4 Å². The average molecular weight is 297 g/mol. The Morgan fingerprint density at radius 1 is 1.05 bits per heavy atom. The van der Waals surface area contributed by atoms with E-state index in [0.717, 1.165) is 43.4 Å². The van der Waals surface area contributed by atoms with Crippen LogP contribution in [0, 0.1) is 24.1 Å². The van der Waals surface area contributed by atoms with E-state index in [1.165, 1.54) is 12.1 Å². The third-order valence-electron chi connectivity index (χ3n) is 3.83. The van der Waals surface area contributed by atoms with Gasteiger partial charge in [0.05, 0.1) is 11.3 Å². The van der Waals surface area contributed by atoms with Crippen molar-refractivity contribution in [3.63, 3.8) is 0 Å². The number of rotatable bonds is 2. The van der Waals surface area contributed by atoms with Gasteiger partial charge < -0.3 is 9.80 Å². The Kier molecular flexibility index (Phi) is 3.88. The Hall–Kier alpha value is -2.68. The third-order valence-corrected chi connectivity index (χ3v) is 3.83. The molecular formula is C16H16FN5. The predicted molar refractivity (Wildman–Crippen MR) is 82.3 cm³/mol. The highest BCUT2D eigenvalue weighted by Crippen LogP contribution is 2.21. The van der Waals surface area contributed by atoms with Crippen molar-refractivity contribution in [3.05, 3.63) is 47.4 Å². The molecule has 6 heteroatoms. The first-order valence-corrected chi connectivity index (χ1v) is 7.17. The first kappa shape index (κ1) is 14.3. The van der Waals surface area contributed by atoms with Crippen molar-refractivity contribution in [2.45, 2.75) is 6.92 Å². The largest absolute Gasteiger partial charge is 0.368 e. The minimum Gasteiger partial charge on any atom is -0.368 e. The Morgan fingerprint density at radius 3 is 2.36 bits per heavy atom. The molecule has 0 bridgehead atoms. The zero-order chi connectivity index (χ0) is 15.5. The summed E-state index contributed by atoms with van der Waals surface area (Å²) in [5.41, 5.74) is 1.79. The molecular weight excluding hydrogens is 281 g/mol. The van der Waals surface area contributed by atoms with Gasteiger partial charge in [-0.15, -0.1) is 5.10 Å². The molecule has 0 saturated carbocycles. The second-order valence-corrected chi connectivity index (χ2v) is 5.28. The number of aromatic nitrogens is 2. The number of benzene rings is 1. The van der Waals surface area contributed by atoms with Crippen LogP contribution in [0.25, 0.3) is 0 Å². The van der Waals surface area contributed by atoms with Gasteiger partial charge in [0, 0.05) is 31.9 Å². The van der Waals surface area contributed by atoms with Crippen LogP contribution in [0.4, 0.5) is 15.9 Å². The van der Waals surface area contributed by atoms with Gasteiger partial charge in [0.25, 0.3) is 0 Å². The van der Waals surface area contributed by atoms with E-state index in [9.17, 15) is 4.39 Å². The first-order valence-electron chi connectivity index (χ1n) is 7.17. The second-order valence-electron chi connectivity index (χ2n) is 5.28. The van der Waals surface area contributed by atoms with E-state index >= 15 is 0 Å². The third kappa shape index (κ3) is 2.84. The van der Waals surface area contributed by atoms with E-state index in [1.807, 2.05) is 25.1 Å². The smallest absolute Gasteiger partial charge is 0.151 e. The maximum Gasteiger partial charge on any atom is 0.151 e. The molecule has 5 nitrogen and oxygen atoms in total. The molecule has 2 aromatic rings. The fraction of sp³-hybridized carbons (Fsp3) is 0.312. The van der Waals surface area contributed by atoms with Gasteiger partial charge in [-0.25, -0.2) is 4.39 Å². The summed E-state index contributed by atoms with van der Waals surface area (Å²) < 4.78 is 13.7. The maximum atomic E-state index is 13.7. The van der Waals surface area contributed by atoms with Crippen LogP contribution in [0.1, 0.15) is 11.3 Å². The SMILES string of the molecule is Cc1ccc(N2CCN(c3ccc(C#N)c(F)c3)CC2)nn1. The number of aryl methyl sites for hydroxylation is 1. The monoisotopic (exact) mass is 297 g/mol. The van der Waals surface area contributed by atoms with Crippen LogP contribution in [-0.2, 0) is 0 Å². The normalized spacial score (nSPS) is 14.8. The summed E-state index contributed by atoms with van der Waals surface area (Å²) in [6.45, 7) is 5.08. The molecule has 0 unspecified atom stereocenters. The molecule has 0 radical (unpaired) electrons. The number of nitrogens with zero attached hydrogens (tertiary/aromatic N) is 5. The summed E-state index contributed by atoms with van der Waals surface area (Å²) >= 11 is 0. The Bertz CT molecular complexity index is 699. The highest BCUT2D eigenvalue weighted by atomic mass is 19.1. The maximum absolute atomic E-state index is 13.7. The number of anilines is 2. The van der Waals surface area contributed by atoms with E-state index < -0.39 is 5.82 Å². The van der Waals surface area contributed by atoms with Crippen LogP contribution in [0.3, 0.4) is 0 Å². The van der Waals surface area contributed by atoms with Crippen LogP contribution in [-0.4, -0.2) is 36.4 Å². The fourth-order valence-electron chi connectivity index (χ4n) is 2.55. The van der Waals surface area contributed by atoms with Crippen molar-refractivity contribution in [2.24, 2.45) is 0 Å². The van der Waals surface area contributed by atoms with Crippen molar-refractivity contribution < 1.29 is 4.39 Å². The Morgan fingerprint density at radius 2 is 1.77 bits per heavy atom. The molecule has 1 aliphatic heterocycles. The molecule has 1 aromatic heterocycles. The van der Waals surface area contributed by atoms with Crippen LogP contribution in [0.5, 0.6) is 0 Å². The van der Waals surface area contributed by atoms with Gasteiger partial charge in [0.1, 0.15) is 11.9 Å². The zero-order valence-corrected chi connectivity index (χ0v) is 12.3. The van der Waals surface area contributed by atoms with Crippen molar-refractivity contribution in [2.75, 3.05) is 36.0 Å².